The molecule has 0 aromatic heterocycles. The van der Waals surface area contributed by atoms with Gasteiger partial charge in [-0.2, -0.15) is 5.11 Å². The van der Waals surface area contributed by atoms with Crippen LogP contribution >= 0.6 is 11.8 Å². The molecule has 0 spiro atoms. The standard InChI is InChI=1S/C19H39N2O2S/c1-13(2)20(14(3)4)19(23,21(15(5)6)16(7)8)12-24-17(22)18(9,10)11/h13-16H,12H2,1-11H3. The molecular weight excluding hydrogens is 320 g/mol. The summed E-state index contributed by atoms with van der Waals surface area (Å²) in [5.74, 6) is -1.19. The van der Waals surface area contributed by atoms with Crippen molar-refractivity contribution in [2.24, 2.45) is 5.41 Å². The number of nitrogens with zero attached hydrogens (tertiary/aromatic N) is 2. The van der Waals surface area contributed by atoms with Crippen molar-refractivity contribution in [2.45, 2.75) is 106 Å². The van der Waals surface area contributed by atoms with Gasteiger partial charge in [-0.15, -0.1) is 0 Å². The van der Waals surface area contributed by atoms with Crippen molar-refractivity contribution < 1.29 is 9.90 Å². The van der Waals surface area contributed by atoms with Crippen LogP contribution in [0, 0.1) is 5.41 Å². The third kappa shape index (κ3) is 6.01. The first-order valence-electron chi connectivity index (χ1n) is 9.10. The third-order valence-corrected chi connectivity index (χ3v) is 5.43. The Hall–Kier alpha value is -0.100. The minimum absolute atomic E-state index is 0.0719. The van der Waals surface area contributed by atoms with Gasteiger partial charge in [-0.25, -0.2) is 0 Å². The quantitative estimate of drug-likeness (QED) is 0.593. The van der Waals surface area contributed by atoms with Gasteiger partial charge in [0, 0.05) is 29.6 Å². The molecule has 4 nitrogen and oxygen atoms in total. The zero-order chi connectivity index (χ0) is 19.5. The van der Waals surface area contributed by atoms with Gasteiger partial charge in [-0.05, 0) is 55.4 Å². The smallest absolute Gasteiger partial charge is 0.223 e. The van der Waals surface area contributed by atoms with Gasteiger partial charge in [-0.3, -0.25) is 14.6 Å². The van der Waals surface area contributed by atoms with Crippen molar-refractivity contribution >= 4 is 16.9 Å². The fourth-order valence-electron chi connectivity index (χ4n) is 3.46. The summed E-state index contributed by atoms with van der Waals surface area (Å²) in [6.07, 6.45) is 0. The van der Waals surface area contributed by atoms with Crippen molar-refractivity contribution in [3.05, 3.63) is 0 Å². The summed E-state index contributed by atoms with van der Waals surface area (Å²) >= 11 is 1.18. The van der Waals surface area contributed by atoms with Crippen LogP contribution in [0.3, 0.4) is 0 Å². The first-order valence-corrected chi connectivity index (χ1v) is 10.1. The molecule has 0 aromatic rings. The molecule has 0 amide bonds. The second-order valence-electron chi connectivity index (χ2n) is 8.76. The SMILES string of the molecule is CC(C)N(C(C)C)C([O])(CSC(=O)C(C)(C)C)N(C(C)C)C(C)C. The van der Waals surface area contributed by atoms with Crippen LogP contribution < -0.4 is 0 Å². The Kier molecular flexibility index (Phi) is 8.98. The van der Waals surface area contributed by atoms with Crippen LogP contribution in [0.15, 0.2) is 0 Å². The molecule has 0 atom stereocenters. The van der Waals surface area contributed by atoms with E-state index in [9.17, 15) is 9.90 Å². The van der Waals surface area contributed by atoms with E-state index in [1.54, 1.807) is 0 Å². The van der Waals surface area contributed by atoms with E-state index < -0.39 is 11.3 Å². The van der Waals surface area contributed by atoms with Crippen LogP contribution in [-0.4, -0.2) is 50.7 Å². The Morgan fingerprint density at radius 3 is 1.29 bits per heavy atom. The lowest BCUT2D eigenvalue weighted by Gasteiger charge is -2.52. The maximum absolute atomic E-state index is 14.2. The Labute approximate surface area is 154 Å². The highest BCUT2D eigenvalue weighted by Crippen LogP contribution is 2.34. The molecule has 0 aromatic carbocycles. The van der Waals surface area contributed by atoms with Crippen molar-refractivity contribution in [1.82, 2.24) is 9.80 Å². The molecule has 0 saturated heterocycles. The van der Waals surface area contributed by atoms with Gasteiger partial charge in [0.15, 0.2) is 5.12 Å². The molecule has 0 fully saturated rings. The molecule has 0 bridgehead atoms. The van der Waals surface area contributed by atoms with Crippen LogP contribution in [0.2, 0.25) is 0 Å². The molecule has 5 heteroatoms. The maximum atomic E-state index is 14.2. The van der Waals surface area contributed by atoms with E-state index in [4.69, 9.17) is 0 Å². The Bertz CT molecular complexity index is 365. The fraction of sp³-hybridized carbons (Fsp3) is 0.947. The second-order valence-corrected chi connectivity index (χ2v) is 9.71. The molecule has 0 heterocycles. The summed E-state index contributed by atoms with van der Waals surface area (Å²) < 4.78 is 0. The second kappa shape index (κ2) is 9.02. The number of hydrogen-bond donors (Lipinski definition) is 0. The summed E-state index contributed by atoms with van der Waals surface area (Å²) in [5.41, 5.74) is -0.438. The highest BCUT2D eigenvalue weighted by molar-refractivity contribution is 8.13. The minimum Gasteiger partial charge on any atom is -0.287 e. The van der Waals surface area contributed by atoms with Crippen LogP contribution in [0.25, 0.3) is 0 Å². The zero-order valence-electron chi connectivity index (χ0n) is 17.6. The van der Waals surface area contributed by atoms with Gasteiger partial charge < -0.3 is 0 Å². The average molecular weight is 360 g/mol. The molecule has 0 N–H and O–H groups in total. The van der Waals surface area contributed by atoms with Crippen molar-refractivity contribution in [1.29, 1.82) is 0 Å². The summed E-state index contributed by atoms with van der Waals surface area (Å²) in [5, 5.41) is 14.3. The van der Waals surface area contributed by atoms with Crippen molar-refractivity contribution in [3.63, 3.8) is 0 Å². The van der Waals surface area contributed by atoms with Gasteiger partial charge in [-0.1, -0.05) is 32.5 Å². The number of carbonyl (C=O) groups excluding carboxylic acids is 1. The monoisotopic (exact) mass is 359 g/mol. The predicted molar refractivity (Wildman–Crippen MR) is 105 cm³/mol. The van der Waals surface area contributed by atoms with E-state index in [2.05, 4.69) is 55.4 Å². The number of thioether (sulfide) groups is 1. The fourth-order valence-corrected chi connectivity index (χ4v) is 4.52. The molecule has 0 aliphatic rings. The molecule has 24 heavy (non-hydrogen) atoms. The van der Waals surface area contributed by atoms with Gasteiger partial charge in [0.25, 0.3) is 0 Å². The van der Waals surface area contributed by atoms with Crippen LogP contribution in [0.5, 0.6) is 0 Å². The molecule has 0 aliphatic carbocycles. The molecule has 0 saturated carbocycles. The predicted octanol–water partition coefficient (Wildman–Crippen LogP) is 4.61. The van der Waals surface area contributed by atoms with Gasteiger partial charge in [0.1, 0.15) is 0 Å². The van der Waals surface area contributed by atoms with Crippen LogP contribution in [0.4, 0.5) is 0 Å². The zero-order valence-corrected chi connectivity index (χ0v) is 18.5. The average Bonchev–Trinajstić information content (AvgIpc) is 2.32. The third-order valence-electron chi connectivity index (χ3n) is 4.04. The highest BCUT2D eigenvalue weighted by Gasteiger charge is 2.48. The maximum Gasteiger partial charge on any atom is 0.223 e. The minimum atomic E-state index is -1.42. The van der Waals surface area contributed by atoms with E-state index in [0.717, 1.165) is 0 Å². The number of carbonyl (C=O) groups is 1. The normalized spacial score (nSPS) is 14.1. The largest absolute Gasteiger partial charge is 0.287 e. The molecule has 0 unspecified atom stereocenters. The van der Waals surface area contributed by atoms with Gasteiger partial charge in [0.2, 0.25) is 5.85 Å². The van der Waals surface area contributed by atoms with Crippen molar-refractivity contribution in [3.8, 4) is 0 Å². The summed E-state index contributed by atoms with van der Waals surface area (Å²) in [4.78, 5) is 16.4. The molecule has 0 aliphatic heterocycles. The summed E-state index contributed by atoms with van der Waals surface area (Å²) in [6, 6.07) is 0.418. The van der Waals surface area contributed by atoms with E-state index in [-0.39, 0.29) is 35.0 Å². The Morgan fingerprint density at radius 2 is 1.08 bits per heavy atom. The lowest BCUT2D eigenvalue weighted by atomic mass is 10.00. The topological polar surface area (TPSA) is 43.5 Å². The summed E-state index contributed by atoms with van der Waals surface area (Å²) in [7, 11) is 0. The number of hydrogen-bond acceptors (Lipinski definition) is 4. The highest BCUT2D eigenvalue weighted by atomic mass is 32.2. The molecule has 0 rings (SSSR count). The van der Waals surface area contributed by atoms with Gasteiger partial charge in [0.05, 0.1) is 5.75 Å². The first kappa shape index (κ1) is 23.9. The van der Waals surface area contributed by atoms with Crippen molar-refractivity contribution in [2.75, 3.05) is 5.75 Å². The van der Waals surface area contributed by atoms with E-state index in [1.807, 2.05) is 30.6 Å². The number of rotatable bonds is 8. The molecular formula is C19H39N2O2S. The van der Waals surface area contributed by atoms with Crippen LogP contribution in [-0.2, 0) is 9.90 Å². The molecule has 1 radical (unpaired) electrons. The van der Waals surface area contributed by atoms with E-state index >= 15 is 0 Å². The summed E-state index contributed by atoms with van der Waals surface area (Å²) in [6.45, 7) is 22.2. The van der Waals surface area contributed by atoms with E-state index in [1.165, 1.54) is 11.8 Å². The molecule has 143 valence electrons. The first-order chi connectivity index (χ1) is 10.7. The lowest BCUT2D eigenvalue weighted by molar-refractivity contribution is -0.272. The lowest BCUT2D eigenvalue weighted by Crippen LogP contribution is -2.68. The van der Waals surface area contributed by atoms with E-state index in [0.29, 0.717) is 0 Å². The van der Waals surface area contributed by atoms with Crippen LogP contribution in [0.1, 0.15) is 76.2 Å². The van der Waals surface area contributed by atoms with Gasteiger partial charge >= 0.3 is 0 Å². The Morgan fingerprint density at radius 1 is 0.792 bits per heavy atom. The Balaban J connectivity index is 5.85.